The molecule has 1 amide bonds. The van der Waals surface area contributed by atoms with E-state index < -0.39 is 11.5 Å². The van der Waals surface area contributed by atoms with Crippen LogP contribution < -0.4 is 10.6 Å². The fourth-order valence-electron chi connectivity index (χ4n) is 4.20. The van der Waals surface area contributed by atoms with Crippen molar-refractivity contribution in [1.29, 1.82) is 0 Å². The third-order valence-electron chi connectivity index (χ3n) is 6.01. The van der Waals surface area contributed by atoms with Gasteiger partial charge in [-0.2, -0.15) is 0 Å². The summed E-state index contributed by atoms with van der Waals surface area (Å²) < 4.78 is 34.3. The lowest BCUT2D eigenvalue weighted by Crippen LogP contribution is -2.47. The van der Waals surface area contributed by atoms with Gasteiger partial charge in [-0.25, -0.2) is 8.78 Å². The van der Waals surface area contributed by atoms with Crippen molar-refractivity contribution in [2.45, 2.75) is 49.8 Å². The average Bonchev–Trinajstić information content (AvgIpc) is 3.10. The second kappa shape index (κ2) is 8.42. The number of hydrogen-bond acceptors (Lipinski definition) is 4. The van der Waals surface area contributed by atoms with Gasteiger partial charge < -0.3 is 25.0 Å². The van der Waals surface area contributed by atoms with Gasteiger partial charge in [0.05, 0.1) is 34.9 Å². The predicted molar refractivity (Wildman–Crippen MR) is 110 cm³/mol. The molecule has 2 aliphatic rings. The summed E-state index contributed by atoms with van der Waals surface area (Å²) in [6.07, 6.45) is 0.912. The Morgan fingerprint density at radius 2 is 2.10 bits per heavy atom. The number of ether oxygens (including phenoxy) is 1. The molecule has 1 saturated heterocycles. The van der Waals surface area contributed by atoms with Crippen LogP contribution in [-0.2, 0) is 11.3 Å². The normalized spacial score (nSPS) is 23.4. The van der Waals surface area contributed by atoms with Gasteiger partial charge in [0.2, 0.25) is 5.92 Å². The largest absolute Gasteiger partial charge is 0.388 e. The van der Waals surface area contributed by atoms with Crippen LogP contribution in [0.1, 0.15) is 36.0 Å². The van der Waals surface area contributed by atoms with Crippen LogP contribution in [0.4, 0.5) is 8.78 Å². The topological polar surface area (TPSA) is 75.5 Å². The summed E-state index contributed by atoms with van der Waals surface area (Å²) in [5, 5.41) is 17.8. The maximum absolute atomic E-state index is 13.4. The fourth-order valence-corrected chi connectivity index (χ4v) is 4.48. The first-order chi connectivity index (χ1) is 14.3. The van der Waals surface area contributed by atoms with Gasteiger partial charge in [0.1, 0.15) is 0 Å². The van der Waals surface area contributed by atoms with Gasteiger partial charge in [0.15, 0.2) is 0 Å². The average molecular weight is 442 g/mol. The molecule has 1 aromatic carbocycles. The van der Waals surface area contributed by atoms with E-state index >= 15 is 0 Å². The zero-order valence-corrected chi connectivity index (χ0v) is 17.4. The molecule has 1 atom stereocenters. The molecule has 2 fully saturated rings. The van der Waals surface area contributed by atoms with E-state index in [0.29, 0.717) is 35.7 Å². The quantitative estimate of drug-likeness (QED) is 0.667. The SMILES string of the molecule is O=C(NCC1(O)CCC(F)(F)CC1)c1cn(CC2COCCN2)c2cccc(Cl)c12. The number of halogens is 3. The number of amides is 1. The summed E-state index contributed by atoms with van der Waals surface area (Å²) in [6, 6.07) is 5.58. The maximum atomic E-state index is 13.4. The minimum Gasteiger partial charge on any atom is -0.388 e. The Labute approximate surface area is 178 Å². The summed E-state index contributed by atoms with van der Waals surface area (Å²) in [6.45, 7) is 2.58. The van der Waals surface area contributed by atoms with E-state index in [1.807, 2.05) is 16.7 Å². The van der Waals surface area contributed by atoms with Crippen molar-refractivity contribution in [2.24, 2.45) is 0 Å². The Balaban J connectivity index is 1.52. The number of alkyl halides is 2. The van der Waals surface area contributed by atoms with E-state index in [1.54, 1.807) is 12.3 Å². The molecule has 1 aliphatic heterocycles. The monoisotopic (exact) mass is 441 g/mol. The Hall–Kier alpha value is -1.74. The lowest BCUT2D eigenvalue weighted by atomic mass is 9.82. The van der Waals surface area contributed by atoms with E-state index in [9.17, 15) is 18.7 Å². The zero-order valence-electron chi connectivity index (χ0n) is 16.6. The summed E-state index contributed by atoms with van der Waals surface area (Å²) in [4.78, 5) is 12.9. The Kier molecular flexibility index (Phi) is 6.03. The minimum atomic E-state index is -2.74. The van der Waals surface area contributed by atoms with Crippen molar-refractivity contribution in [1.82, 2.24) is 15.2 Å². The molecule has 2 heterocycles. The number of hydrogen-bond donors (Lipinski definition) is 3. The van der Waals surface area contributed by atoms with Gasteiger partial charge in [-0.15, -0.1) is 0 Å². The third-order valence-corrected chi connectivity index (χ3v) is 6.32. The molecule has 9 heteroatoms. The van der Waals surface area contributed by atoms with Gasteiger partial charge in [0.25, 0.3) is 5.91 Å². The van der Waals surface area contributed by atoms with Crippen molar-refractivity contribution in [3.05, 3.63) is 35.0 Å². The highest BCUT2D eigenvalue weighted by Crippen LogP contribution is 2.38. The van der Waals surface area contributed by atoms with Crippen molar-refractivity contribution in [3.63, 3.8) is 0 Å². The second-order valence-electron chi connectivity index (χ2n) is 8.32. The standard InChI is InChI=1S/C21H26ClF2N3O3/c22-16-2-1-3-17-18(16)15(11-27(17)10-14-12-30-9-8-25-14)19(28)26-13-20(29)4-6-21(23,24)7-5-20/h1-3,11,14,25,29H,4-10,12-13H2,(H,26,28). The van der Waals surface area contributed by atoms with Crippen LogP contribution >= 0.6 is 11.6 Å². The number of aliphatic hydroxyl groups is 1. The molecule has 0 radical (unpaired) electrons. The van der Waals surface area contributed by atoms with Gasteiger partial charge in [0, 0.05) is 50.1 Å². The summed E-state index contributed by atoms with van der Waals surface area (Å²) in [7, 11) is 0. The fraction of sp³-hybridized carbons (Fsp3) is 0.571. The number of rotatable bonds is 5. The number of nitrogens with zero attached hydrogens (tertiary/aromatic N) is 1. The lowest BCUT2D eigenvalue weighted by molar-refractivity contribution is -0.101. The van der Waals surface area contributed by atoms with E-state index in [0.717, 1.165) is 12.1 Å². The number of nitrogens with one attached hydrogen (secondary N) is 2. The molecule has 4 rings (SSSR count). The van der Waals surface area contributed by atoms with Gasteiger partial charge in [-0.05, 0) is 25.0 Å². The first kappa shape index (κ1) is 21.5. The number of benzene rings is 1. The molecular weight excluding hydrogens is 416 g/mol. The van der Waals surface area contributed by atoms with Crippen LogP contribution in [0.15, 0.2) is 24.4 Å². The van der Waals surface area contributed by atoms with Crippen LogP contribution in [0.5, 0.6) is 0 Å². The van der Waals surface area contributed by atoms with Crippen LogP contribution in [0.2, 0.25) is 5.02 Å². The number of morpholine rings is 1. The van der Waals surface area contributed by atoms with E-state index in [-0.39, 0.29) is 44.2 Å². The summed E-state index contributed by atoms with van der Waals surface area (Å²) in [5.41, 5.74) is -0.0869. The summed E-state index contributed by atoms with van der Waals surface area (Å²) >= 11 is 6.40. The van der Waals surface area contributed by atoms with E-state index in [2.05, 4.69) is 10.6 Å². The molecule has 1 aromatic heterocycles. The van der Waals surface area contributed by atoms with Crippen molar-refractivity contribution >= 4 is 28.4 Å². The Bertz CT molecular complexity index is 918. The molecule has 1 aliphatic carbocycles. The Morgan fingerprint density at radius 3 is 2.80 bits per heavy atom. The molecular formula is C21H26ClF2N3O3. The van der Waals surface area contributed by atoms with Crippen LogP contribution in [-0.4, -0.2) is 59.4 Å². The van der Waals surface area contributed by atoms with Crippen molar-refractivity contribution in [2.75, 3.05) is 26.3 Å². The van der Waals surface area contributed by atoms with E-state index in [1.165, 1.54) is 0 Å². The lowest BCUT2D eigenvalue weighted by Gasteiger charge is -2.35. The number of fused-ring (bicyclic) bond motifs is 1. The van der Waals surface area contributed by atoms with E-state index in [4.69, 9.17) is 16.3 Å². The van der Waals surface area contributed by atoms with Gasteiger partial charge >= 0.3 is 0 Å². The summed E-state index contributed by atoms with van der Waals surface area (Å²) in [5.74, 6) is -3.13. The first-order valence-electron chi connectivity index (χ1n) is 10.2. The number of carbonyl (C=O) groups excluding carboxylic acids is 1. The highest BCUT2D eigenvalue weighted by Gasteiger charge is 2.42. The van der Waals surface area contributed by atoms with Gasteiger partial charge in [-0.1, -0.05) is 17.7 Å². The van der Waals surface area contributed by atoms with Crippen molar-refractivity contribution < 1.29 is 23.4 Å². The molecule has 164 valence electrons. The highest BCUT2D eigenvalue weighted by molar-refractivity contribution is 6.36. The minimum absolute atomic E-state index is 0.0455. The molecule has 1 saturated carbocycles. The molecule has 6 nitrogen and oxygen atoms in total. The van der Waals surface area contributed by atoms with Crippen LogP contribution in [0, 0.1) is 0 Å². The predicted octanol–water partition coefficient (Wildman–Crippen LogP) is 2.95. The number of aromatic nitrogens is 1. The zero-order chi connectivity index (χ0) is 21.4. The molecule has 0 bridgehead atoms. The Morgan fingerprint density at radius 1 is 1.33 bits per heavy atom. The molecule has 30 heavy (non-hydrogen) atoms. The molecule has 0 spiro atoms. The third kappa shape index (κ3) is 4.61. The second-order valence-corrected chi connectivity index (χ2v) is 8.73. The highest BCUT2D eigenvalue weighted by atomic mass is 35.5. The number of carbonyl (C=O) groups is 1. The molecule has 3 N–H and O–H groups in total. The van der Waals surface area contributed by atoms with Crippen molar-refractivity contribution in [3.8, 4) is 0 Å². The van der Waals surface area contributed by atoms with Crippen LogP contribution in [0.3, 0.4) is 0 Å². The smallest absolute Gasteiger partial charge is 0.253 e. The molecule has 1 unspecified atom stereocenters. The maximum Gasteiger partial charge on any atom is 0.253 e. The van der Waals surface area contributed by atoms with Crippen LogP contribution in [0.25, 0.3) is 10.9 Å². The molecule has 2 aromatic rings. The first-order valence-corrected chi connectivity index (χ1v) is 10.6. The van der Waals surface area contributed by atoms with Gasteiger partial charge in [-0.3, -0.25) is 4.79 Å².